The standard InChI is InChI=1S/C18H34N2S/c1-7-8-12-21-18(19-6)20-17-15(13(2)3)10-9-11-16(17)14(4)5/h7-8,13-17H,9-12H2,1-6H3,(H,19,20). The van der Waals surface area contributed by atoms with Gasteiger partial charge in [0.15, 0.2) is 5.17 Å². The minimum Gasteiger partial charge on any atom is -0.362 e. The zero-order chi connectivity index (χ0) is 15.8. The summed E-state index contributed by atoms with van der Waals surface area (Å²) < 4.78 is 0. The summed E-state index contributed by atoms with van der Waals surface area (Å²) in [5.74, 6) is 4.02. The van der Waals surface area contributed by atoms with Crippen molar-refractivity contribution in [2.45, 2.75) is 59.9 Å². The van der Waals surface area contributed by atoms with Gasteiger partial charge in [-0.2, -0.15) is 0 Å². The molecule has 2 nitrogen and oxygen atoms in total. The molecule has 1 fully saturated rings. The molecule has 1 aliphatic carbocycles. The van der Waals surface area contributed by atoms with Gasteiger partial charge >= 0.3 is 0 Å². The molecule has 0 amide bonds. The van der Waals surface area contributed by atoms with Crippen molar-refractivity contribution in [3.8, 4) is 0 Å². The maximum Gasteiger partial charge on any atom is 0.156 e. The number of hydrogen-bond acceptors (Lipinski definition) is 2. The number of thioether (sulfide) groups is 1. The third-order valence-electron chi connectivity index (χ3n) is 4.76. The maximum absolute atomic E-state index is 4.48. The average Bonchev–Trinajstić information content (AvgIpc) is 2.45. The summed E-state index contributed by atoms with van der Waals surface area (Å²) in [5, 5.41) is 4.91. The molecular formula is C18H34N2S. The van der Waals surface area contributed by atoms with E-state index in [2.05, 4.69) is 57.1 Å². The van der Waals surface area contributed by atoms with Crippen LogP contribution in [0, 0.1) is 23.7 Å². The van der Waals surface area contributed by atoms with Gasteiger partial charge in [0.05, 0.1) is 0 Å². The summed E-state index contributed by atoms with van der Waals surface area (Å²) in [6.45, 7) is 11.6. The van der Waals surface area contributed by atoms with Crippen molar-refractivity contribution >= 4 is 16.9 Å². The predicted molar refractivity (Wildman–Crippen MR) is 98.1 cm³/mol. The smallest absolute Gasteiger partial charge is 0.156 e. The summed E-state index contributed by atoms with van der Waals surface area (Å²) >= 11 is 1.82. The normalized spacial score (nSPS) is 27.8. The van der Waals surface area contributed by atoms with Gasteiger partial charge in [0.1, 0.15) is 0 Å². The second-order valence-electron chi connectivity index (χ2n) is 6.83. The maximum atomic E-state index is 4.48. The number of amidine groups is 1. The van der Waals surface area contributed by atoms with Gasteiger partial charge in [-0.1, -0.05) is 58.0 Å². The molecule has 2 atom stereocenters. The number of allylic oxidation sites excluding steroid dienone is 1. The Morgan fingerprint density at radius 1 is 1.19 bits per heavy atom. The van der Waals surface area contributed by atoms with E-state index in [-0.39, 0.29) is 0 Å². The van der Waals surface area contributed by atoms with Crippen LogP contribution >= 0.6 is 11.8 Å². The molecule has 1 aliphatic rings. The van der Waals surface area contributed by atoms with Crippen LogP contribution in [0.5, 0.6) is 0 Å². The van der Waals surface area contributed by atoms with Crippen molar-refractivity contribution in [1.82, 2.24) is 5.32 Å². The van der Waals surface area contributed by atoms with Crippen LogP contribution < -0.4 is 5.32 Å². The predicted octanol–water partition coefficient (Wildman–Crippen LogP) is 4.97. The lowest BCUT2D eigenvalue weighted by Crippen LogP contribution is -2.50. The lowest BCUT2D eigenvalue weighted by atomic mass is 9.68. The highest BCUT2D eigenvalue weighted by atomic mass is 32.2. The second kappa shape index (κ2) is 9.55. The van der Waals surface area contributed by atoms with Gasteiger partial charge in [-0.15, -0.1) is 0 Å². The Bertz CT molecular complexity index is 331. The molecule has 0 radical (unpaired) electrons. The summed E-state index contributed by atoms with van der Waals surface area (Å²) in [5.41, 5.74) is 0. The molecule has 21 heavy (non-hydrogen) atoms. The lowest BCUT2D eigenvalue weighted by Gasteiger charge is -2.43. The Hall–Kier alpha value is -0.440. The molecule has 0 saturated heterocycles. The molecule has 1 N–H and O–H groups in total. The van der Waals surface area contributed by atoms with E-state index in [9.17, 15) is 0 Å². The van der Waals surface area contributed by atoms with Gasteiger partial charge in [0.25, 0.3) is 0 Å². The zero-order valence-electron chi connectivity index (χ0n) is 14.7. The molecule has 0 spiro atoms. The molecule has 3 heteroatoms. The van der Waals surface area contributed by atoms with E-state index in [4.69, 9.17) is 0 Å². The first-order chi connectivity index (χ1) is 10.0. The summed E-state index contributed by atoms with van der Waals surface area (Å²) in [4.78, 5) is 4.48. The van der Waals surface area contributed by atoms with Crippen LogP contribution in [0.1, 0.15) is 53.9 Å². The Morgan fingerprint density at radius 3 is 2.19 bits per heavy atom. The van der Waals surface area contributed by atoms with Crippen molar-refractivity contribution in [3.05, 3.63) is 12.2 Å². The molecule has 0 aromatic carbocycles. The van der Waals surface area contributed by atoms with Crippen LogP contribution in [0.15, 0.2) is 17.1 Å². The Kier molecular flexibility index (Phi) is 8.46. The lowest BCUT2D eigenvalue weighted by molar-refractivity contribution is 0.128. The van der Waals surface area contributed by atoms with Crippen molar-refractivity contribution in [1.29, 1.82) is 0 Å². The van der Waals surface area contributed by atoms with Gasteiger partial charge < -0.3 is 5.32 Å². The highest BCUT2D eigenvalue weighted by Gasteiger charge is 2.36. The van der Waals surface area contributed by atoms with Gasteiger partial charge in [0, 0.05) is 18.8 Å². The minimum atomic E-state index is 0.579. The molecule has 0 aromatic heterocycles. The monoisotopic (exact) mass is 310 g/mol. The summed E-state index contributed by atoms with van der Waals surface area (Å²) in [6, 6.07) is 0.579. The molecule has 122 valence electrons. The molecule has 2 unspecified atom stereocenters. The summed E-state index contributed by atoms with van der Waals surface area (Å²) in [7, 11) is 1.91. The Balaban J connectivity index is 2.79. The molecule has 0 bridgehead atoms. The van der Waals surface area contributed by atoms with Gasteiger partial charge in [-0.05, 0) is 43.4 Å². The molecular weight excluding hydrogens is 276 g/mol. The van der Waals surface area contributed by atoms with E-state index >= 15 is 0 Å². The van der Waals surface area contributed by atoms with Crippen molar-refractivity contribution in [2.24, 2.45) is 28.7 Å². The van der Waals surface area contributed by atoms with Gasteiger partial charge in [0.2, 0.25) is 0 Å². The van der Waals surface area contributed by atoms with Crippen LogP contribution in [0.2, 0.25) is 0 Å². The first-order valence-electron chi connectivity index (χ1n) is 8.48. The van der Waals surface area contributed by atoms with E-state index < -0.39 is 0 Å². The molecule has 0 aliphatic heterocycles. The number of nitrogens with one attached hydrogen (secondary N) is 1. The first-order valence-corrected chi connectivity index (χ1v) is 9.47. The van der Waals surface area contributed by atoms with Crippen LogP contribution in [0.4, 0.5) is 0 Å². The fourth-order valence-corrected chi connectivity index (χ4v) is 4.31. The largest absolute Gasteiger partial charge is 0.362 e. The van der Waals surface area contributed by atoms with Crippen LogP contribution in [-0.4, -0.2) is 24.0 Å². The van der Waals surface area contributed by atoms with Crippen LogP contribution in [0.3, 0.4) is 0 Å². The molecule has 0 heterocycles. The third-order valence-corrected chi connectivity index (χ3v) is 5.69. The highest BCUT2D eigenvalue weighted by Crippen LogP contribution is 2.38. The fourth-order valence-electron chi connectivity index (χ4n) is 3.51. The molecule has 1 rings (SSSR count). The van der Waals surface area contributed by atoms with E-state index in [1.165, 1.54) is 19.3 Å². The van der Waals surface area contributed by atoms with Crippen molar-refractivity contribution < 1.29 is 0 Å². The zero-order valence-corrected chi connectivity index (χ0v) is 15.5. The second-order valence-corrected chi connectivity index (χ2v) is 7.83. The van der Waals surface area contributed by atoms with Gasteiger partial charge in [-0.25, -0.2) is 0 Å². The third kappa shape index (κ3) is 5.69. The van der Waals surface area contributed by atoms with E-state index in [1.807, 2.05) is 18.8 Å². The summed E-state index contributed by atoms with van der Waals surface area (Å²) in [6.07, 6.45) is 8.39. The van der Waals surface area contributed by atoms with Gasteiger partial charge in [-0.3, -0.25) is 4.99 Å². The first kappa shape index (κ1) is 18.6. The number of rotatable bonds is 5. The Morgan fingerprint density at radius 2 is 1.76 bits per heavy atom. The average molecular weight is 311 g/mol. The number of nitrogens with zero attached hydrogens (tertiary/aromatic N) is 1. The highest BCUT2D eigenvalue weighted by molar-refractivity contribution is 8.13. The Labute approximate surface area is 136 Å². The van der Waals surface area contributed by atoms with E-state index in [0.717, 1.165) is 34.6 Å². The van der Waals surface area contributed by atoms with E-state index in [1.54, 1.807) is 0 Å². The molecule has 1 saturated carbocycles. The number of hydrogen-bond donors (Lipinski definition) is 1. The van der Waals surface area contributed by atoms with Crippen LogP contribution in [0.25, 0.3) is 0 Å². The number of aliphatic imine (C=N–C) groups is 1. The quantitative estimate of drug-likeness (QED) is 0.440. The van der Waals surface area contributed by atoms with E-state index in [0.29, 0.717) is 6.04 Å². The SMILES string of the molecule is CC=CCSC(=NC)NC1C(C(C)C)CCCC1C(C)C. The van der Waals surface area contributed by atoms with Crippen molar-refractivity contribution in [2.75, 3.05) is 12.8 Å². The van der Waals surface area contributed by atoms with Crippen LogP contribution in [-0.2, 0) is 0 Å². The fraction of sp³-hybridized carbons (Fsp3) is 0.833. The molecule has 0 aromatic rings. The minimum absolute atomic E-state index is 0.579. The topological polar surface area (TPSA) is 24.4 Å². The van der Waals surface area contributed by atoms with Crippen molar-refractivity contribution in [3.63, 3.8) is 0 Å².